The number of aromatic nitrogens is 1. The van der Waals surface area contributed by atoms with Crippen molar-refractivity contribution in [1.29, 1.82) is 0 Å². The Morgan fingerprint density at radius 1 is 1.13 bits per heavy atom. The fourth-order valence-electron chi connectivity index (χ4n) is 4.16. The Hall–Kier alpha value is -3.80. The fraction of sp³-hybridized carbons (Fsp3) is 0.167. The number of amides is 1. The van der Waals surface area contributed by atoms with Gasteiger partial charge in [0.2, 0.25) is 0 Å². The van der Waals surface area contributed by atoms with Gasteiger partial charge < -0.3 is 19.5 Å². The lowest BCUT2D eigenvalue weighted by atomic mass is 9.93. The lowest BCUT2D eigenvalue weighted by molar-refractivity contribution is 0.0972. The number of hydrogen-bond donors (Lipinski definition) is 2. The summed E-state index contributed by atoms with van der Waals surface area (Å²) in [5, 5.41) is 20.7. The maximum atomic E-state index is 13.3. The molecule has 3 heterocycles. The summed E-state index contributed by atoms with van der Waals surface area (Å²) >= 11 is 0. The SMILES string of the molecule is CC1CCc2cc(-c3nccc4occc34)ccc2N1C(=O)c1ccc(O)cc1O. The molecule has 0 fully saturated rings. The van der Waals surface area contributed by atoms with E-state index in [0.29, 0.717) is 0 Å². The van der Waals surface area contributed by atoms with E-state index in [2.05, 4.69) is 11.1 Å². The van der Waals surface area contributed by atoms with Crippen LogP contribution in [0.15, 0.2) is 65.4 Å². The van der Waals surface area contributed by atoms with Gasteiger partial charge in [-0.3, -0.25) is 9.78 Å². The van der Waals surface area contributed by atoms with Gasteiger partial charge in [-0.15, -0.1) is 0 Å². The second-order valence-electron chi connectivity index (χ2n) is 7.60. The summed E-state index contributed by atoms with van der Waals surface area (Å²) < 4.78 is 5.49. The summed E-state index contributed by atoms with van der Waals surface area (Å²) in [5.74, 6) is -0.600. The topological polar surface area (TPSA) is 86.8 Å². The van der Waals surface area contributed by atoms with E-state index in [1.165, 1.54) is 18.2 Å². The summed E-state index contributed by atoms with van der Waals surface area (Å²) in [7, 11) is 0. The largest absolute Gasteiger partial charge is 0.508 e. The number of pyridine rings is 1. The number of rotatable bonds is 2. The molecule has 1 atom stereocenters. The first-order valence-electron chi connectivity index (χ1n) is 9.84. The lowest BCUT2D eigenvalue weighted by Gasteiger charge is -2.35. The second kappa shape index (κ2) is 6.91. The Morgan fingerprint density at radius 3 is 2.83 bits per heavy atom. The Labute approximate surface area is 173 Å². The molecule has 0 radical (unpaired) electrons. The number of fused-ring (bicyclic) bond motifs is 2. The van der Waals surface area contributed by atoms with Crippen LogP contribution in [0.2, 0.25) is 0 Å². The number of benzene rings is 2. The van der Waals surface area contributed by atoms with Crippen molar-refractivity contribution < 1.29 is 19.4 Å². The highest BCUT2D eigenvalue weighted by molar-refractivity contribution is 6.09. The lowest BCUT2D eigenvalue weighted by Crippen LogP contribution is -2.42. The zero-order valence-corrected chi connectivity index (χ0v) is 16.4. The van der Waals surface area contributed by atoms with Gasteiger partial charge in [0.25, 0.3) is 5.91 Å². The molecule has 0 aliphatic carbocycles. The number of furan rings is 1. The first-order valence-corrected chi connectivity index (χ1v) is 9.84. The quantitative estimate of drug-likeness (QED) is 0.500. The van der Waals surface area contributed by atoms with Crippen LogP contribution in [0.25, 0.3) is 22.2 Å². The second-order valence-corrected chi connectivity index (χ2v) is 7.60. The number of carbonyl (C=O) groups excluding carboxylic acids is 1. The number of phenolic OH excluding ortho intramolecular Hbond substituents is 2. The van der Waals surface area contributed by atoms with Gasteiger partial charge in [-0.2, -0.15) is 0 Å². The van der Waals surface area contributed by atoms with E-state index in [1.807, 2.05) is 31.2 Å². The van der Waals surface area contributed by atoms with Gasteiger partial charge in [-0.25, -0.2) is 0 Å². The van der Waals surface area contributed by atoms with Crippen molar-refractivity contribution in [2.75, 3.05) is 4.90 Å². The van der Waals surface area contributed by atoms with E-state index in [0.717, 1.165) is 46.3 Å². The molecule has 150 valence electrons. The van der Waals surface area contributed by atoms with E-state index < -0.39 is 0 Å². The van der Waals surface area contributed by atoms with Crippen molar-refractivity contribution in [2.24, 2.45) is 0 Å². The van der Waals surface area contributed by atoms with Crippen LogP contribution in [0.1, 0.15) is 29.3 Å². The molecule has 4 aromatic rings. The van der Waals surface area contributed by atoms with E-state index in [1.54, 1.807) is 17.4 Å². The smallest absolute Gasteiger partial charge is 0.262 e. The van der Waals surface area contributed by atoms with E-state index >= 15 is 0 Å². The van der Waals surface area contributed by atoms with Gasteiger partial charge in [0.1, 0.15) is 17.1 Å². The van der Waals surface area contributed by atoms with Crippen LogP contribution in [0, 0.1) is 0 Å². The predicted octanol–water partition coefficient (Wildman–Crippen LogP) is 4.89. The standard InChI is InChI=1S/C24H20N2O4/c1-14-2-3-15-12-16(23-19-9-11-30-22(19)8-10-25-23)4-7-20(15)26(14)24(29)18-6-5-17(27)13-21(18)28/h4-14,27-28H,2-3H2,1H3. The summed E-state index contributed by atoms with van der Waals surface area (Å²) in [6.07, 6.45) is 5.04. The van der Waals surface area contributed by atoms with E-state index in [9.17, 15) is 15.0 Å². The molecule has 30 heavy (non-hydrogen) atoms. The minimum absolute atomic E-state index is 0.0144. The molecule has 1 amide bonds. The number of phenols is 2. The van der Waals surface area contributed by atoms with Crippen molar-refractivity contribution in [3.8, 4) is 22.8 Å². The summed E-state index contributed by atoms with van der Waals surface area (Å²) in [5.41, 5.74) is 4.65. The third-order valence-electron chi connectivity index (χ3n) is 5.70. The van der Waals surface area contributed by atoms with Crippen molar-refractivity contribution in [3.63, 3.8) is 0 Å². The van der Waals surface area contributed by atoms with Gasteiger partial charge in [-0.1, -0.05) is 6.07 Å². The molecule has 0 spiro atoms. The summed E-state index contributed by atoms with van der Waals surface area (Å²) in [4.78, 5) is 19.5. The maximum absolute atomic E-state index is 13.3. The monoisotopic (exact) mass is 400 g/mol. The summed E-state index contributed by atoms with van der Waals surface area (Å²) in [6.45, 7) is 2.00. The number of aryl methyl sites for hydroxylation is 1. The van der Waals surface area contributed by atoms with E-state index in [-0.39, 0.29) is 29.0 Å². The van der Waals surface area contributed by atoms with Crippen molar-refractivity contribution in [3.05, 3.63) is 72.1 Å². The molecule has 1 aliphatic heterocycles. The Bertz CT molecular complexity index is 1280. The van der Waals surface area contributed by atoms with Crippen LogP contribution in [0.5, 0.6) is 11.5 Å². The minimum Gasteiger partial charge on any atom is -0.508 e. The molecule has 2 aromatic carbocycles. The Balaban J connectivity index is 1.57. The molecule has 0 saturated carbocycles. The normalized spacial score (nSPS) is 15.9. The van der Waals surface area contributed by atoms with Crippen LogP contribution in [-0.2, 0) is 6.42 Å². The Kier molecular flexibility index (Phi) is 4.20. The van der Waals surface area contributed by atoms with Crippen LogP contribution < -0.4 is 4.90 Å². The third kappa shape index (κ3) is 2.88. The predicted molar refractivity (Wildman–Crippen MR) is 114 cm³/mol. The molecule has 5 rings (SSSR count). The van der Waals surface area contributed by atoms with Gasteiger partial charge in [-0.05, 0) is 61.7 Å². The Morgan fingerprint density at radius 2 is 2.00 bits per heavy atom. The maximum Gasteiger partial charge on any atom is 0.262 e. The van der Waals surface area contributed by atoms with Crippen molar-refractivity contribution in [2.45, 2.75) is 25.8 Å². The zero-order chi connectivity index (χ0) is 20.8. The molecular weight excluding hydrogens is 380 g/mol. The highest BCUT2D eigenvalue weighted by atomic mass is 16.3. The fourth-order valence-corrected chi connectivity index (χ4v) is 4.16. The number of hydrogen-bond acceptors (Lipinski definition) is 5. The van der Waals surface area contributed by atoms with Crippen LogP contribution >= 0.6 is 0 Å². The molecule has 0 saturated heterocycles. The first-order chi connectivity index (χ1) is 14.5. The highest BCUT2D eigenvalue weighted by Gasteiger charge is 2.30. The molecule has 2 aromatic heterocycles. The highest BCUT2D eigenvalue weighted by Crippen LogP contribution is 2.37. The molecule has 0 bridgehead atoms. The summed E-state index contributed by atoms with van der Waals surface area (Å²) in [6, 6.07) is 13.7. The van der Waals surface area contributed by atoms with Crippen LogP contribution in [-0.4, -0.2) is 27.1 Å². The first kappa shape index (κ1) is 18.2. The van der Waals surface area contributed by atoms with Crippen LogP contribution in [0.3, 0.4) is 0 Å². The third-order valence-corrected chi connectivity index (χ3v) is 5.70. The van der Waals surface area contributed by atoms with E-state index in [4.69, 9.17) is 4.42 Å². The molecule has 6 nitrogen and oxygen atoms in total. The molecule has 1 aliphatic rings. The average Bonchev–Trinajstić information content (AvgIpc) is 3.22. The van der Waals surface area contributed by atoms with Gasteiger partial charge in [0.05, 0.1) is 17.5 Å². The number of carbonyl (C=O) groups is 1. The van der Waals surface area contributed by atoms with Crippen molar-refractivity contribution in [1.82, 2.24) is 4.98 Å². The van der Waals surface area contributed by atoms with Crippen LogP contribution in [0.4, 0.5) is 5.69 Å². The molecule has 6 heteroatoms. The van der Waals surface area contributed by atoms with Gasteiger partial charge >= 0.3 is 0 Å². The minimum atomic E-state index is -0.288. The number of nitrogens with zero attached hydrogens (tertiary/aromatic N) is 2. The van der Waals surface area contributed by atoms with Gasteiger partial charge in [0, 0.05) is 34.9 Å². The van der Waals surface area contributed by atoms with Crippen molar-refractivity contribution >= 4 is 22.6 Å². The number of anilines is 1. The zero-order valence-electron chi connectivity index (χ0n) is 16.4. The molecule has 1 unspecified atom stereocenters. The molecular formula is C24H20N2O4. The molecule has 2 N–H and O–H groups in total. The number of aromatic hydroxyl groups is 2. The van der Waals surface area contributed by atoms with Gasteiger partial charge in [0.15, 0.2) is 0 Å². The average molecular weight is 400 g/mol.